The molecule has 0 fully saturated rings. The highest BCUT2D eigenvalue weighted by atomic mass is 35.5. The molecule has 0 spiro atoms. The summed E-state index contributed by atoms with van der Waals surface area (Å²) in [6.07, 6.45) is 0.341. The Morgan fingerprint density at radius 2 is 1.89 bits per heavy atom. The third kappa shape index (κ3) is 5.36. The summed E-state index contributed by atoms with van der Waals surface area (Å²) < 4.78 is 0. The second-order valence-corrected chi connectivity index (χ2v) is 4.84. The summed E-state index contributed by atoms with van der Waals surface area (Å²) in [5.41, 5.74) is 0.328. The van der Waals surface area contributed by atoms with Crippen molar-refractivity contribution < 1.29 is 14.7 Å². The monoisotopic (exact) mass is 304 g/mol. The molecule has 7 heteroatoms. The Balaban J connectivity index is 2.53. The first-order chi connectivity index (χ1) is 8.90. The number of urea groups is 1. The Hall–Kier alpha value is -1.46. The highest BCUT2D eigenvalue weighted by molar-refractivity contribution is 6.39. The SMILES string of the molecule is CC(CCC(=O)O)NC(=O)Nc1c(Cl)cccc1Cl. The molecule has 0 heterocycles. The number of anilines is 1. The molecule has 5 nitrogen and oxygen atoms in total. The lowest BCUT2D eigenvalue weighted by molar-refractivity contribution is -0.137. The van der Waals surface area contributed by atoms with Crippen LogP contribution in [0.2, 0.25) is 10.0 Å². The zero-order valence-electron chi connectivity index (χ0n) is 10.2. The van der Waals surface area contributed by atoms with Gasteiger partial charge in [0.1, 0.15) is 0 Å². The molecule has 104 valence electrons. The van der Waals surface area contributed by atoms with Crippen LogP contribution < -0.4 is 10.6 Å². The highest BCUT2D eigenvalue weighted by Crippen LogP contribution is 2.29. The van der Waals surface area contributed by atoms with Crippen molar-refractivity contribution in [3.63, 3.8) is 0 Å². The van der Waals surface area contributed by atoms with Crippen molar-refractivity contribution in [2.24, 2.45) is 0 Å². The van der Waals surface area contributed by atoms with Gasteiger partial charge in [-0.1, -0.05) is 29.3 Å². The second kappa shape index (κ2) is 7.21. The topological polar surface area (TPSA) is 78.4 Å². The van der Waals surface area contributed by atoms with Crippen LogP contribution in [0.1, 0.15) is 19.8 Å². The van der Waals surface area contributed by atoms with Crippen molar-refractivity contribution >= 4 is 40.9 Å². The standard InChI is InChI=1S/C12H14Cl2N2O3/c1-7(5-6-10(17)18)15-12(19)16-11-8(13)3-2-4-9(11)14/h2-4,7H,5-6H2,1H3,(H,17,18)(H2,15,16,19). The van der Waals surface area contributed by atoms with E-state index in [9.17, 15) is 9.59 Å². The van der Waals surface area contributed by atoms with E-state index in [1.165, 1.54) is 0 Å². The van der Waals surface area contributed by atoms with Crippen LogP contribution >= 0.6 is 23.2 Å². The molecule has 0 saturated heterocycles. The Bertz CT molecular complexity index is 460. The van der Waals surface area contributed by atoms with Crippen LogP contribution in [0.4, 0.5) is 10.5 Å². The first kappa shape index (κ1) is 15.6. The summed E-state index contributed by atoms with van der Waals surface area (Å²) in [5.74, 6) is -0.900. The van der Waals surface area contributed by atoms with Gasteiger partial charge < -0.3 is 15.7 Å². The molecule has 0 saturated carbocycles. The molecule has 0 aliphatic heterocycles. The number of amides is 2. The average molecular weight is 305 g/mol. The molecule has 0 aliphatic rings. The van der Waals surface area contributed by atoms with Crippen LogP contribution in [0.5, 0.6) is 0 Å². The predicted molar refractivity (Wildman–Crippen MR) is 74.9 cm³/mol. The van der Waals surface area contributed by atoms with Crippen molar-refractivity contribution in [3.8, 4) is 0 Å². The molecule has 0 aliphatic carbocycles. The lowest BCUT2D eigenvalue weighted by atomic mass is 10.2. The minimum atomic E-state index is -0.900. The minimum Gasteiger partial charge on any atom is -0.481 e. The van der Waals surface area contributed by atoms with Crippen LogP contribution in [0.3, 0.4) is 0 Å². The lowest BCUT2D eigenvalue weighted by Crippen LogP contribution is -2.36. The van der Waals surface area contributed by atoms with Gasteiger partial charge in [-0.2, -0.15) is 0 Å². The molecule has 0 radical (unpaired) electrons. The number of hydrogen-bond acceptors (Lipinski definition) is 2. The van der Waals surface area contributed by atoms with Gasteiger partial charge in [0, 0.05) is 12.5 Å². The summed E-state index contributed by atoms with van der Waals surface area (Å²) in [4.78, 5) is 22.1. The van der Waals surface area contributed by atoms with E-state index in [1.54, 1.807) is 25.1 Å². The summed E-state index contributed by atoms with van der Waals surface area (Å²) in [6, 6.07) is 4.14. The number of aliphatic carboxylic acids is 1. The summed E-state index contributed by atoms with van der Waals surface area (Å²) in [5, 5.41) is 14.4. The number of rotatable bonds is 5. The van der Waals surface area contributed by atoms with Gasteiger partial charge in [-0.3, -0.25) is 4.79 Å². The Morgan fingerprint density at radius 1 is 1.32 bits per heavy atom. The van der Waals surface area contributed by atoms with Gasteiger partial charge >= 0.3 is 12.0 Å². The van der Waals surface area contributed by atoms with Crippen molar-refractivity contribution in [2.45, 2.75) is 25.8 Å². The van der Waals surface area contributed by atoms with Crippen LogP contribution in [0, 0.1) is 0 Å². The van der Waals surface area contributed by atoms with Gasteiger partial charge in [-0.25, -0.2) is 4.79 Å². The Labute approximate surface area is 120 Å². The maximum Gasteiger partial charge on any atom is 0.319 e. The maximum absolute atomic E-state index is 11.7. The average Bonchev–Trinajstić information content (AvgIpc) is 2.31. The molecule has 0 bridgehead atoms. The van der Waals surface area contributed by atoms with E-state index in [4.69, 9.17) is 28.3 Å². The molecule has 2 amide bonds. The van der Waals surface area contributed by atoms with E-state index >= 15 is 0 Å². The Morgan fingerprint density at radius 3 is 2.42 bits per heavy atom. The molecule has 0 aromatic heterocycles. The molecule has 1 aromatic carbocycles. The van der Waals surface area contributed by atoms with Gasteiger partial charge in [-0.15, -0.1) is 0 Å². The predicted octanol–water partition coefficient (Wildman–Crippen LogP) is 3.37. The van der Waals surface area contributed by atoms with Gasteiger partial charge in [0.05, 0.1) is 15.7 Å². The first-order valence-electron chi connectivity index (χ1n) is 5.63. The number of carbonyl (C=O) groups is 2. The number of benzene rings is 1. The number of carboxylic acids is 1. The van der Waals surface area contributed by atoms with Crippen LogP contribution in [0.15, 0.2) is 18.2 Å². The van der Waals surface area contributed by atoms with E-state index in [0.29, 0.717) is 22.2 Å². The van der Waals surface area contributed by atoms with E-state index in [2.05, 4.69) is 10.6 Å². The smallest absolute Gasteiger partial charge is 0.319 e. The fourth-order valence-electron chi connectivity index (χ4n) is 1.40. The zero-order valence-corrected chi connectivity index (χ0v) is 11.8. The third-order valence-electron chi connectivity index (χ3n) is 2.37. The zero-order chi connectivity index (χ0) is 14.4. The normalized spacial score (nSPS) is 11.7. The van der Waals surface area contributed by atoms with Crippen LogP contribution in [-0.4, -0.2) is 23.1 Å². The number of carboxylic acid groups (broad SMARTS) is 1. The lowest BCUT2D eigenvalue weighted by Gasteiger charge is -2.15. The largest absolute Gasteiger partial charge is 0.481 e. The molecule has 3 N–H and O–H groups in total. The molecule has 1 aromatic rings. The fourth-order valence-corrected chi connectivity index (χ4v) is 1.89. The summed E-state index contributed by atoms with van der Waals surface area (Å²) in [6.45, 7) is 1.72. The van der Waals surface area contributed by atoms with E-state index in [1.807, 2.05) is 0 Å². The number of nitrogens with one attached hydrogen (secondary N) is 2. The number of carbonyl (C=O) groups excluding carboxylic acids is 1. The van der Waals surface area contributed by atoms with Crippen LogP contribution in [-0.2, 0) is 4.79 Å². The van der Waals surface area contributed by atoms with Crippen molar-refractivity contribution in [2.75, 3.05) is 5.32 Å². The Kier molecular flexibility index (Phi) is 5.92. The van der Waals surface area contributed by atoms with Crippen molar-refractivity contribution in [1.29, 1.82) is 0 Å². The quantitative estimate of drug-likeness (QED) is 0.780. The first-order valence-corrected chi connectivity index (χ1v) is 6.39. The molecular weight excluding hydrogens is 291 g/mol. The molecule has 19 heavy (non-hydrogen) atoms. The van der Waals surface area contributed by atoms with Gasteiger partial charge in [0.2, 0.25) is 0 Å². The molecule has 1 atom stereocenters. The van der Waals surface area contributed by atoms with Crippen molar-refractivity contribution in [3.05, 3.63) is 28.2 Å². The maximum atomic E-state index is 11.7. The molecule has 1 unspecified atom stereocenters. The number of halogens is 2. The van der Waals surface area contributed by atoms with Crippen molar-refractivity contribution in [1.82, 2.24) is 5.32 Å². The molecular formula is C12H14Cl2N2O3. The summed E-state index contributed by atoms with van der Waals surface area (Å²) >= 11 is 11.8. The third-order valence-corrected chi connectivity index (χ3v) is 3.00. The van der Waals surface area contributed by atoms with E-state index in [0.717, 1.165) is 0 Å². The fraction of sp³-hybridized carbons (Fsp3) is 0.333. The van der Waals surface area contributed by atoms with E-state index in [-0.39, 0.29) is 12.5 Å². The second-order valence-electron chi connectivity index (χ2n) is 4.03. The van der Waals surface area contributed by atoms with Gasteiger partial charge in [0.25, 0.3) is 0 Å². The molecule has 1 rings (SSSR count). The highest BCUT2D eigenvalue weighted by Gasteiger charge is 2.12. The minimum absolute atomic E-state index is 0.00566. The van der Waals surface area contributed by atoms with Gasteiger partial charge in [0.15, 0.2) is 0 Å². The van der Waals surface area contributed by atoms with Crippen LogP contribution in [0.25, 0.3) is 0 Å². The van der Waals surface area contributed by atoms with E-state index < -0.39 is 12.0 Å². The van der Waals surface area contributed by atoms with Gasteiger partial charge in [-0.05, 0) is 25.5 Å². The number of para-hydroxylation sites is 1. The number of hydrogen-bond donors (Lipinski definition) is 3. The summed E-state index contributed by atoms with van der Waals surface area (Å²) in [7, 11) is 0.